The predicted octanol–water partition coefficient (Wildman–Crippen LogP) is 0.872. The van der Waals surface area contributed by atoms with Crippen LogP contribution in [0.3, 0.4) is 0 Å². The van der Waals surface area contributed by atoms with E-state index >= 15 is 0 Å². The average Bonchev–Trinajstić information content (AvgIpc) is 2.75. The highest BCUT2D eigenvalue weighted by Gasteiger charge is 2.33. The lowest BCUT2D eigenvalue weighted by Crippen LogP contribution is -2.36. The zero-order chi connectivity index (χ0) is 15.3. The standard InChI is InChI=1S/C11H15N3O5S/c1-4-18-9(17)11(2,3)19-14-7(8(15)16)6-5-20-10(12)13-6/h5H,4H2,1-3H3,(H2,12,13)(H,15,16). The number of rotatable bonds is 6. The van der Waals surface area contributed by atoms with Gasteiger partial charge in [0, 0.05) is 5.38 Å². The third kappa shape index (κ3) is 3.92. The molecule has 110 valence electrons. The molecule has 0 unspecified atom stereocenters. The van der Waals surface area contributed by atoms with Gasteiger partial charge in [0.05, 0.1) is 6.61 Å². The maximum absolute atomic E-state index is 11.6. The van der Waals surface area contributed by atoms with Crippen molar-refractivity contribution >= 4 is 34.1 Å². The summed E-state index contributed by atoms with van der Waals surface area (Å²) >= 11 is 1.07. The number of carboxylic acids is 1. The lowest BCUT2D eigenvalue weighted by atomic mass is 10.1. The van der Waals surface area contributed by atoms with Gasteiger partial charge < -0.3 is 20.4 Å². The van der Waals surface area contributed by atoms with Crippen LogP contribution in [0.15, 0.2) is 10.5 Å². The van der Waals surface area contributed by atoms with Gasteiger partial charge in [-0.05, 0) is 20.8 Å². The number of ether oxygens (including phenoxy) is 1. The number of nitrogen functional groups attached to an aromatic ring is 1. The van der Waals surface area contributed by atoms with E-state index in [1.54, 1.807) is 6.92 Å². The molecule has 1 rings (SSSR count). The van der Waals surface area contributed by atoms with Crippen molar-refractivity contribution in [3.8, 4) is 0 Å². The number of aliphatic carboxylic acids is 1. The number of nitrogens with two attached hydrogens (primary N) is 1. The summed E-state index contributed by atoms with van der Waals surface area (Å²) in [5.74, 6) is -1.98. The normalized spacial score (nSPS) is 12.1. The van der Waals surface area contributed by atoms with Crippen LogP contribution in [0.5, 0.6) is 0 Å². The number of aromatic nitrogens is 1. The number of carboxylic acid groups (broad SMARTS) is 1. The number of carbonyl (C=O) groups is 2. The largest absolute Gasteiger partial charge is 0.476 e. The number of esters is 1. The molecule has 0 fully saturated rings. The van der Waals surface area contributed by atoms with Crippen molar-refractivity contribution in [3.63, 3.8) is 0 Å². The molecule has 1 aromatic rings. The van der Waals surface area contributed by atoms with E-state index < -0.39 is 23.3 Å². The second-order valence-electron chi connectivity index (χ2n) is 4.14. The Bertz CT molecular complexity index is 538. The summed E-state index contributed by atoms with van der Waals surface area (Å²) in [5, 5.41) is 14.2. The van der Waals surface area contributed by atoms with Gasteiger partial charge in [-0.2, -0.15) is 0 Å². The molecule has 0 saturated carbocycles. The number of nitrogens with zero attached hydrogens (tertiary/aromatic N) is 2. The zero-order valence-electron chi connectivity index (χ0n) is 11.2. The van der Waals surface area contributed by atoms with E-state index in [0.29, 0.717) is 0 Å². The minimum Gasteiger partial charge on any atom is -0.476 e. The predicted molar refractivity (Wildman–Crippen MR) is 72.5 cm³/mol. The maximum Gasteiger partial charge on any atom is 0.360 e. The van der Waals surface area contributed by atoms with Crippen molar-refractivity contribution < 1.29 is 24.3 Å². The first-order chi connectivity index (χ1) is 9.27. The SMILES string of the molecule is CCOC(=O)C(C)(C)ON=C(C(=O)O)c1csc(N)n1. The molecular formula is C11H15N3O5S. The van der Waals surface area contributed by atoms with Crippen LogP contribution in [-0.4, -0.2) is 39.9 Å². The molecule has 0 amide bonds. The first-order valence-corrected chi connectivity index (χ1v) is 6.54. The van der Waals surface area contributed by atoms with Gasteiger partial charge in [-0.1, -0.05) is 5.16 Å². The fraction of sp³-hybridized carbons (Fsp3) is 0.455. The van der Waals surface area contributed by atoms with E-state index in [9.17, 15) is 9.59 Å². The minimum atomic E-state index is -1.40. The van der Waals surface area contributed by atoms with Gasteiger partial charge in [0.15, 0.2) is 5.13 Å². The molecule has 0 aromatic carbocycles. The lowest BCUT2D eigenvalue weighted by Gasteiger charge is -2.19. The van der Waals surface area contributed by atoms with Crippen molar-refractivity contribution in [2.75, 3.05) is 12.3 Å². The van der Waals surface area contributed by atoms with Crippen LogP contribution in [0.25, 0.3) is 0 Å². The van der Waals surface area contributed by atoms with Gasteiger partial charge in [-0.3, -0.25) is 0 Å². The van der Waals surface area contributed by atoms with Crippen molar-refractivity contribution in [2.24, 2.45) is 5.16 Å². The highest BCUT2D eigenvalue weighted by molar-refractivity contribution is 7.13. The molecule has 0 spiro atoms. The molecule has 0 aliphatic heterocycles. The van der Waals surface area contributed by atoms with Gasteiger partial charge in [0.2, 0.25) is 11.3 Å². The number of hydrogen-bond acceptors (Lipinski definition) is 8. The molecule has 0 bridgehead atoms. The first kappa shape index (κ1) is 15.9. The average molecular weight is 301 g/mol. The molecular weight excluding hydrogens is 286 g/mol. The Morgan fingerprint density at radius 3 is 2.65 bits per heavy atom. The summed E-state index contributed by atoms with van der Waals surface area (Å²) in [6.07, 6.45) is 0. The summed E-state index contributed by atoms with van der Waals surface area (Å²) in [4.78, 5) is 31.5. The molecule has 0 aliphatic rings. The van der Waals surface area contributed by atoms with Crippen LogP contribution >= 0.6 is 11.3 Å². The lowest BCUT2D eigenvalue weighted by molar-refractivity contribution is -0.167. The van der Waals surface area contributed by atoms with E-state index in [0.717, 1.165) is 11.3 Å². The van der Waals surface area contributed by atoms with E-state index in [-0.39, 0.29) is 17.4 Å². The van der Waals surface area contributed by atoms with Crippen LogP contribution in [0.2, 0.25) is 0 Å². The van der Waals surface area contributed by atoms with Gasteiger partial charge in [0.25, 0.3) is 0 Å². The van der Waals surface area contributed by atoms with Gasteiger partial charge >= 0.3 is 11.9 Å². The van der Waals surface area contributed by atoms with Crippen LogP contribution in [0.1, 0.15) is 26.5 Å². The fourth-order valence-corrected chi connectivity index (χ4v) is 1.64. The smallest absolute Gasteiger partial charge is 0.360 e. The number of oxime groups is 1. The molecule has 0 atom stereocenters. The maximum atomic E-state index is 11.6. The van der Waals surface area contributed by atoms with Crippen LogP contribution in [0, 0.1) is 0 Å². The van der Waals surface area contributed by atoms with E-state index in [1.165, 1.54) is 19.2 Å². The molecule has 9 heteroatoms. The molecule has 0 saturated heterocycles. The Balaban J connectivity index is 2.94. The molecule has 1 aromatic heterocycles. The van der Waals surface area contributed by atoms with Crippen molar-refractivity contribution in [1.82, 2.24) is 4.98 Å². The topological polar surface area (TPSA) is 124 Å². The number of hydrogen-bond donors (Lipinski definition) is 2. The zero-order valence-corrected chi connectivity index (χ0v) is 12.1. The molecule has 0 radical (unpaired) electrons. The summed E-state index contributed by atoms with van der Waals surface area (Å²) < 4.78 is 4.80. The number of anilines is 1. The molecule has 3 N–H and O–H groups in total. The summed E-state index contributed by atoms with van der Waals surface area (Å²) in [6, 6.07) is 0. The summed E-state index contributed by atoms with van der Waals surface area (Å²) in [7, 11) is 0. The minimum absolute atomic E-state index is 0.0691. The summed E-state index contributed by atoms with van der Waals surface area (Å²) in [6.45, 7) is 4.68. The fourth-order valence-electron chi connectivity index (χ4n) is 1.09. The molecule has 20 heavy (non-hydrogen) atoms. The molecule has 0 aliphatic carbocycles. The highest BCUT2D eigenvalue weighted by atomic mass is 32.1. The Morgan fingerprint density at radius 1 is 1.55 bits per heavy atom. The van der Waals surface area contributed by atoms with Crippen molar-refractivity contribution in [1.29, 1.82) is 0 Å². The Hall–Kier alpha value is -2.16. The molecule has 8 nitrogen and oxygen atoms in total. The van der Waals surface area contributed by atoms with E-state index in [4.69, 9.17) is 20.4 Å². The Morgan fingerprint density at radius 2 is 2.20 bits per heavy atom. The van der Waals surface area contributed by atoms with Crippen LogP contribution < -0.4 is 5.73 Å². The van der Waals surface area contributed by atoms with Gasteiger partial charge in [-0.25, -0.2) is 14.6 Å². The van der Waals surface area contributed by atoms with Gasteiger partial charge in [-0.15, -0.1) is 11.3 Å². The third-order valence-electron chi connectivity index (χ3n) is 2.10. The van der Waals surface area contributed by atoms with E-state index in [1.807, 2.05) is 0 Å². The highest BCUT2D eigenvalue weighted by Crippen LogP contribution is 2.16. The van der Waals surface area contributed by atoms with Crippen LogP contribution in [-0.2, 0) is 19.2 Å². The van der Waals surface area contributed by atoms with E-state index in [2.05, 4.69) is 10.1 Å². The number of carbonyl (C=O) groups excluding carboxylic acids is 1. The van der Waals surface area contributed by atoms with Gasteiger partial charge in [0.1, 0.15) is 5.69 Å². The summed E-state index contributed by atoms with van der Waals surface area (Å²) in [5.41, 5.74) is 3.66. The number of thiazole rings is 1. The second-order valence-corrected chi connectivity index (χ2v) is 5.03. The second kappa shape index (κ2) is 6.33. The quantitative estimate of drug-likeness (QED) is 0.454. The third-order valence-corrected chi connectivity index (χ3v) is 2.77. The monoisotopic (exact) mass is 301 g/mol. The Labute approximate surface area is 119 Å². The van der Waals surface area contributed by atoms with Crippen molar-refractivity contribution in [2.45, 2.75) is 26.4 Å². The Kier molecular flexibility index (Phi) is 5.03. The van der Waals surface area contributed by atoms with Crippen LogP contribution in [0.4, 0.5) is 5.13 Å². The first-order valence-electron chi connectivity index (χ1n) is 5.66. The van der Waals surface area contributed by atoms with Crippen molar-refractivity contribution in [3.05, 3.63) is 11.1 Å². The molecule has 1 heterocycles.